The van der Waals surface area contributed by atoms with Gasteiger partial charge in [-0.05, 0) is 38.5 Å². The number of aromatic nitrogens is 3. The van der Waals surface area contributed by atoms with E-state index in [1.807, 2.05) is 6.92 Å². The van der Waals surface area contributed by atoms with Gasteiger partial charge in [0, 0.05) is 12.6 Å². The molecular formula is C18H22N6O3. The first kappa shape index (κ1) is 18.7. The van der Waals surface area contributed by atoms with Crippen LogP contribution in [0.4, 0.5) is 5.69 Å². The van der Waals surface area contributed by atoms with Crippen LogP contribution in [0.15, 0.2) is 35.7 Å². The highest BCUT2D eigenvalue weighted by Crippen LogP contribution is 2.29. The van der Waals surface area contributed by atoms with Gasteiger partial charge in [0.1, 0.15) is 12.2 Å². The maximum Gasteiger partial charge on any atom is 0.285 e. The van der Waals surface area contributed by atoms with Gasteiger partial charge in [-0.3, -0.25) is 14.3 Å². The van der Waals surface area contributed by atoms with Crippen molar-refractivity contribution < 1.29 is 14.7 Å². The summed E-state index contributed by atoms with van der Waals surface area (Å²) in [5.74, 6) is -0.208. The van der Waals surface area contributed by atoms with Gasteiger partial charge in [0.2, 0.25) is 0 Å². The SMILES string of the molecule is CC[C@@]1(O)C(=O)N(c2cccc(C(=O)N[C@H](C)c3ncnn3C)c2)N=C1C. The minimum Gasteiger partial charge on any atom is -0.374 e. The van der Waals surface area contributed by atoms with Crippen molar-refractivity contribution in [3.05, 3.63) is 42.0 Å². The Morgan fingerprint density at radius 2 is 2.15 bits per heavy atom. The number of anilines is 1. The van der Waals surface area contributed by atoms with E-state index in [9.17, 15) is 14.7 Å². The third-order valence-corrected chi connectivity index (χ3v) is 4.74. The molecule has 3 rings (SSSR count). The number of rotatable bonds is 5. The predicted molar refractivity (Wildman–Crippen MR) is 99.2 cm³/mol. The summed E-state index contributed by atoms with van der Waals surface area (Å²) >= 11 is 0. The first-order valence-electron chi connectivity index (χ1n) is 8.65. The Kier molecular flexibility index (Phi) is 4.79. The van der Waals surface area contributed by atoms with Gasteiger partial charge in [-0.15, -0.1) is 0 Å². The topological polar surface area (TPSA) is 113 Å². The quantitative estimate of drug-likeness (QED) is 0.820. The van der Waals surface area contributed by atoms with E-state index in [1.54, 1.807) is 49.8 Å². The van der Waals surface area contributed by atoms with Crippen molar-refractivity contribution >= 4 is 23.2 Å². The highest BCUT2D eigenvalue weighted by atomic mass is 16.3. The standard InChI is InChI=1S/C18H22N6O3/c1-5-18(27)12(3)22-24(17(18)26)14-8-6-7-13(9-14)16(25)21-11(2)15-19-10-20-23(15)4/h6-11,27H,5H2,1-4H3,(H,21,25)/t11-,18+/m1/s1. The molecule has 1 aromatic heterocycles. The number of aryl methyl sites for hydroxylation is 1. The number of benzene rings is 1. The van der Waals surface area contributed by atoms with Crippen LogP contribution >= 0.6 is 0 Å². The van der Waals surface area contributed by atoms with E-state index in [4.69, 9.17) is 0 Å². The van der Waals surface area contributed by atoms with E-state index in [0.29, 0.717) is 22.8 Å². The van der Waals surface area contributed by atoms with Gasteiger partial charge in [-0.25, -0.2) is 4.98 Å². The molecule has 2 atom stereocenters. The molecule has 27 heavy (non-hydrogen) atoms. The van der Waals surface area contributed by atoms with Crippen molar-refractivity contribution in [2.24, 2.45) is 12.1 Å². The summed E-state index contributed by atoms with van der Waals surface area (Å²) in [5, 5.41) is 22.6. The van der Waals surface area contributed by atoms with Crippen LogP contribution in [0.1, 0.15) is 49.4 Å². The second-order valence-electron chi connectivity index (χ2n) is 6.50. The molecule has 9 nitrogen and oxygen atoms in total. The average molecular weight is 370 g/mol. The highest BCUT2D eigenvalue weighted by molar-refractivity contribution is 6.21. The Balaban J connectivity index is 1.81. The number of amides is 2. The summed E-state index contributed by atoms with van der Waals surface area (Å²) in [6.07, 6.45) is 1.65. The summed E-state index contributed by atoms with van der Waals surface area (Å²) in [4.78, 5) is 29.3. The third-order valence-electron chi connectivity index (χ3n) is 4.74. The van der Waals surface area contributed by atoms with Crippen LogP contribution < -0.4 is 10.3 Å². The van der Waals surface area contributed by atoms with Gasteiger partial charge in [0.05, 0.1) is 17.4 Å². The van der Waals surface area contributed by atoms with E-state index in [2.05, 4.69) is 20.5 Å². The van der Waals surface area contributed by atoms with Gasteiger partial charge in [0.15, 0.2) is 5.60 Å². The number of hydrazone groups is 1. The maximum atomic E-state index is 12.6. The molecule has 0 unspecified atom stereocenters. The second-order valence-corrected chi connectivity index (χ2v) is 6.50. The Hall–Kier alpha value is -3.07. The molecule has 2 amide bonds. The fourth-order valence-electron chi connectivity index (χ4n) is 3.01. The van der Waals surface area contributed by atoms with Crippen LogP contribution in [0.5, 0.6) is 0 Å². The van der Waals surface area contributed by atoms with E-state index >= 15 is 0 Å². The largest absolute Gasteiger partial charge is 0.374 e. The summed E-state index contributed by atoms with van der Waals surface area (Å²) < 4.78 is 1.59. The van der Waals surface area contributed by atoms with E-state index in [-0.39, 0.29) is 18.4 Å². The lowest BCUT2D eigenvalue weighted by Crippen LogP contribution is -2.45. The van der Waals surface area contributed by atoms with Crippen LogP contribution in [0, 0.1) is 0 Å². The van der Waals surface area contributed by atoms with Crippen LogP contribution in [0.2, 0.25) is 0 Å². The summed E-state index contributed by atoms with van der Waals surface area (Å²) in [7, 11) is 1.75. The van der Waals surface area contributed by atoms with Crippen molar-refractivity contribution in [2.75, 3.05) is 5.01 Å². The van der Waals surface area contributed by atoms with E-state index in [1.165, 1.54) is 6.33 Å². The minimum atomic E-state index is -1.60. The molecular weight excluding hydrogens is 348 g/mol. The molecule has 2 N–H and O–H groups in total. The molecule has 1 aliphatic heterocycles. The maximum absolute atomic E-state index is 12.6. The lowest BCUT2D eigenvalue weighted by atomic mass is 9.95. The number of hydrogen-bond donors (Lipinski definition) is 2. The minimum absolute atomic E-state index is 0.229. The summed E-state index contributed by atoms with van der Waals surface area (Å²) in [6, 6.07) is 6.20. The lowest BCUT2D eigenvalue weighted by molar-refractivity contribution is -0.129. The smallest absolute Gasteiger partial charge is 0.285 e. The van der Waals surface area contributed by atoms with Crippen molar-refractivity contribution in [2.45, 2.75) is 38.8 Å². The zero-order valence-corrected chi connectivity index (χ0v) is 15.7. The second kappa shape index (κ2) is 6.92. The van der Waals surface area contributed by atoms with Gasteiger partial charge in [0.25, 0.3) is 11.8 Å². The number of aliphatic hydroxyl groups is 1. The van der Waals surface area contributed by atoms with E-state index < -0.39 is 11.5 Å². The number of hydrogen-bond acceptors (Lipinski definition) is 6. The van der Waals surface area contributed by atoms with Gasteiger partial charge in [-0.1, -0.05) is 13.0 Å². The zero-order valence-electron chi connectivity index (χ0n) is 15.7. The number of carbonyl (C=O) groups excluding carboxylic acids is 2. The molecule has 2 aromatic rings. The molecule has 2 heterocycles. The molecule has 0 fully saturated rings. The average Bonchev–Trinajstić information content (AvgIpc) is 3.19. The van der Waals surface area contributed by atoms with Crippen LogP contribution in [-0.2, 0) is 11.8 Å². The zero-order chi connectivity index (χ0) is 19.8. The summed E-state index contributed by atoms with van der Waals surface area (Å²) in [5.41, 5.74) is -0.476. The van der Waals surface area contributed by atoms with Crippen LogP contribution in [0.3, 0.4) is 0 Å². The fraction of sp³-hybridized carbons (Fsp3) is 0.389. The normalized spacial score (nSPS) is 20.6. The lowest BCUT2D eigenvalue weighted by Gasteiger charge is -2.20. The summed E-state index contributed by atoms with van der Waals surface area (Å²) in [6.45, 7) is 5.14. The van der Waals surface area contributed by atoms with Crippen LogP contribution in [-0.4, -0.2) is 43.0 Å². The molecule has 0 radical (unpaired) electrons. The molecule has 0 bridgehead atoms. The number of nitrogens with one attached hydrogen (secondary N) is 1. The molecule has 0 aliphatic carbocycles. The molecule has 9 heteroatoms. The van der Waals surface area contributed by atoms with Crippen LogP contribution in [0.25, 0.3) is 0 Å². The van der Waals surface area contributed by atoms with Crippen molar-refractivity contribution in [1.29, 1.82) is 0 Å². The Labute approximate surface area is 156 Å². The Bertz CT molecular complexity index is 921. The molecule has 142 valence electrons. The Morgan fingerprint density at radius 3 is 2.74 bits per heavy atom. The highest BCUT2D eigenvalue weighted by Gasteiger charge is 2.46. The molecule has 0 saturated heterocycles. The number of carbonyl (C=O) groups is 2. The van der Waals surface area contributed by atoms with Gasteiger partial charge >= 0.3 is 0 Å². The van der Waals surface area contributed by atoms with Gasteiger partial charge in [-0.2, -0.15) is 15.2 Å². The molecule has 0 saturated carbocycles. The van der Waals surface area contributed by atoms with Gasteiger partial charge < -0.3 is 10.4 Å². The van der Waals surface area contributed by atoms with E-state index in [0.717, 1.165) is 5.01 Å². The first-order valence-corrected chi connectivity index (χ1v) is 8.65. The fourth-order valence-corrected chi connectivity index (χ4v) is 3.01. The van der Waals surface area contributed by atoms with Crippen molar-refractivity contribution in [3.63, 3.8) is 0 Å². The Morgan fingerprint density at radius 1 is 1.41 bits per heavy atom. The molecule has 0 spiro atoms. The monoisotopic (exact) mass is 370 g/mol. The molecule has 1 aromatic carbocycles. The number of nitrogens with zero attached hydrogens (tertiary/aromatic N) is 5. The predicted octanol–water partition coefficient (Wildman–Crippen LogP) is 1.17. The first-order chi connectivity index (χ1) is 12.8. The van der Waals surface area contributed by atoms with Crippen molar-refractivity contribution in [1.82, 2.24) is 20.1 Å². The molecule has 1 aliphatic rings. The van der Waals surface area contributed by atoms with Crippen molar-refractivity contribution in [3.8, 4) is 0 Å². The third kappa shape index (κ3) is 3.21.